The molecule has 0 heterocycles. The van der Waals surface area contributed by atoms with Crippen LogP contribution in [0.4, 0.5) is 0 Å². The first-order chi connectivity index (χ1) is 22.9. The second-order valence-electron chi connectivity index (χ2n) is 10.4. The number of hydrogen-bond acceptors (Lipinski definition) is 3. The van der Waals surface area contributed by atoms with E-state index >= 15 is 0 Å². The summed E-state index contributed by atoms with van der Waals surface area (Å²) in [5.74, 6) is -0.227. The molecule has 0 aromatic heterocycles. The summed E-state index contributed by atoms with van der Waals surface area (Å²) < 4.78 is 0.918. The van der Waals surface area contributed by atoms with Crippen LogP contribution >= 0.6 is 65.6 Å². The maximum Gasteiger partial charge on any atom is 0.258 e. The van der Waals surface area contributed by atoms with E-state index in [0.717, 1.165) is 35.4 Å². The quantitative estimate of drug-likeness (QED) is 0.113. The van der Waals surface area contributed by atoms with Crippen molar-refractivity contribution in [2.75, 3.05) is 0 Å². The Balaban J connectivity index is 1.71. The molecule has 0 aliphatic carbocycles. The summed E-state index contributed by atoms with van der Waals surface area (Å²) in [6.07, 6.45) is 0. The van der Waals surface area contributed by atoms with Gasteiger partial charge >= 0.3 is 0 Å². The zero-order valence-electron chi connectivity index (χ0n) is 24.9. The van der Waals surface area contributed by atoms with E-state index in [9.17, 15) is 4.79 Å². The predicted octanol–water partition coefficient (Wildman–Crippen LogP) is 11.1. The average molecular weight is 728 g/mol. The molecular formula is C39H28Cl3NOPS2+. The highest BCUT2D eigenvalue weighted by molar-refractivity contribution is 8.23. The van der Waals surface area contributed by atoms with Crippen molar-refractivity contribution in [1.82, 2.24) is 5.32 Å². The second kappa shape index (κ2) is 15.6. The van der Waals surface area contributed by atoms with Gasteiger partial charge in [0.25, 0.3) is 5.91 Å². The van der Waals surface area contributed by atoms with Crippen molar-refractivity contribution in [3.63, 3.8) is 0 Å². The van der Waals surface area contributed by atoms with Crippen LogP contribution in [0.3, 0.4) is 0 Å². The molecule has 0 spiro atoms. The minimum atomic E-state index is -2.77. The fourth-order valence-electron chi connectivity index (χ4n) is 5.18. The maximum absolute atomic E-state index is 14.4. The molecule has 6 aromatic rings. The lowest BCUT2D eigenvalue weighted by Crippen LogP contribution is -2.38. The van der Waals surface area contributed by atoms with Gasteiger partial charge in [-0.25, -0.2) is 0 Å². The topological polar surface area (TPSA) is 29.1 Å². The molecule has 0 unspecified atom stereocenters. The number of rotatable bonds is 10. The number of amides is 1. The molecule has 232 valence electrons. The second-order valence-corrected chi connectivity index (χ2v) is 17.5. The van der Waals surface area contributed by atoms with Gasteiger partial charge in [0.15, 0.2) is 12.7 Å². The van der Waals surface area contributed by atoms with Gasteiger partial charge < -0.3 is 0 Å². The van der Waals surface area contributed by atoms with Crippen LogP contribution in [0.1, 0.15) is 10.4 Å². The molecule has 8 heteroatoms. The first-order valence-corrected chi connectivity index (χ1v) is 19.2. The predicted molar refractivity (Wildman–Crippen MR) is 206 cm³/mol. The van der Waals surface area contributed by atoms with E-state index in [-0.39, 0.29) is 5.91 Å². The van der Waals surface area contributed by atoms with Gasteiger partial charge in [-0.1, -0.05) is 113 Å². The summed E-state index contributed by atoms with van der Waals surface area (Å²) in [7, 11) is -2.77. The van der Waals surface area contributed by atoms with Gasteiger partial charge in [-0.3, -0.25) is 10.1 Å². The van der Waals surface area contributed by atoms with E-state index in [1.165, 1.54) is 0 Å². The molecule has 47 heavy (non-hydrogen) atoms. The Morgan fingerprint density at radius 2 is 0.809 bits per heavy atom. The van der Waals surface area contributed by atoms with Gasteiger partial charge in [0, 0.05) is 30.4 Å². The summed E-state index contributed by atoms with van der Waals surface area (Å²) in [5.41, 5.74) is 1.33. The molecule has 2 nitrogen and oxygen atoms in total. The molecular weight excluding hydrogens is 700 g/mol. The maximum atomic E-state index is 14.4. The van der Waals surface area contributed by atoms with Crippen molar-refractivity contribution < 1.29 is 4.79 Å². The fourth-order valence-corrected chi connectivity index (χ4v) is 12.7. The van der Waals surface area contributed by atoms with Gasteiger partial charge in [-0.2, -0.15) is 0 Å². The van der Waals surface area contributed by atoms with Crippen molar-refractivity contribution in [1.29, 1.82) is 0 Å². The van der Waals surface area contributed by atoms with Gasteiger partial charge in [0.1, 0.15) is 20.2 Å². The molecule has 1 N–H and O–H groups in total. The normalized spacial score (nSPS) is 11.1. The molecule has 0 bridgehead atoms. The Morgan fingerprint density at radius 1 is 0.468 bits per heavy atom. The highest BCUT2D eigenvalue weighted by Gasteiger charge is 2.52. The minimum absolute atomic E-state index is 0.227. The van der Waals surface area contributed by atoms with E-state index in [1.54, 1.807) is 47.8 Å². The Bertz CT molecular complexity index is 1830. The molecule has 0 saturated heterocycles. The molecule has 0 atom stereocenters. The van der Waals surface area contributed by atoms with Crippen molar-refractivity contribution in [3.8, 4) is 0 Å². The lowest BCUT2D eigenvalue weighted by Gasteiger charge is -2.31. The average Bonchev–Trinajstić information content (AvgIpc) is 3.11. The molecule has 0 fully saturated rings. The van der Waals surface area contributed by atoms with Crippen molar-refractivity contribution >= 4 is 87.4 Å². The summed E-state index contributed by atoms with van der Waals surface area (Å²) >= 11 is 22.1. The molecule has 6 rings (SSSR count). The minimum Gasteiger partial charge on any atom is -0.291 e. The Labute approximate surface area is 299 Å². The van der Waals surface area contributed by atoms with Gasteiger partial charge in [0.2, 0.25) is 0 Å². The fraction of sp³-hybridized carbons (Fsp3) is 0. The molecule has 0 radical (unpaired) electrons. The smallest absolute Gasteiger partial charge is 0.258 e. The number of benzene rings is 6. The van der Waals surface area contributed by atoms with Crippen LogP contribution in [0.5, 0.6) is 0 Å². The first kappa shape index (κ1) is 33.4. The van der Waals surface area contributed by atoms with Crippen LogP contribution in [-0.2, 0) is 0 Å². The van der Waals surface area contributed by atoms with Gasteiger partial charge in [0.05, 0.1) is 0 Å². The molecule has 0 saturated carbocycles. The summed E-state index contributed by atoms with van der Waals surface area (Å²) in [6.45, 7) is 0. The summed E-state index contributed by atoms with van der Waals surface area (Å²) in [6, 6.07) is 54.0. The highest BCUT2D eigenvalue weighted by atomic mass is 35.5. The van der Waals surface area contributed by atoms with E-state index in [1.807, 2.05) is 66.7 Å². The van der Waals surface area contributed by atoms with E-state index < -0.39 is 7.26 Å². The SMILES string of the molecule is O=C(NC(=C(Sc1ccc(Cl)cc1)Sc1ccc(Cl)cc1)[P+](c1ccccc1)(c1ccccc1)c1ccccc1)c1ccc(Cl)cc1. The van der Waals surface area contributed by atoms with E-state index in [4.69, 9.17) is 34.8 Å². The molecule has 1 amide bonds. The zero-order valence-corrected chi connectivity index (χ0v) is 29.7. The monoisotopic (exact) mass is 726 g/mol. The van der Waals surface area contributed by atoms with Crippen LogP contribution in [0.15, 0.2) is 183 Å². The molecule has 0 aliphatic heterocycles. The first-order valence-electron chi connectivity index (χ1n) is 14.7. The molecule has 6 aromatic carbocycles. The number of nitrogens with one attached hydrogen (secondary N) is 1. The largest absolute Gasteiger partial charge is 0.291 e. The van der Waals surface area contributed by atoms with Crippen LogP contribution in [0, 0.1) is 0 Å². The summed E-state index contributed by atoms with van der Waals surface area (Å²) in [5, 5.41) is 8.70. The van der Waals surface area contributed by atoms with Crippen molar-refractivity contribution in [3.05, 3.63) is 194 Å². The number of carbonyl (C=O) groups is 1. The number of halogens is 3. The third-order valence-electron chi connectivity index (χ3n) is 7.35. The lowest BCUT2D eigenvalue weighted by molar-refractivity contribution is 0.0968. The Morgan fingerprint density at radius 3 is 1.17 bits per heavy atom. The lowest BCUT2D eigenvalue weighted by atomic mass is 10.2. The van der Waals surface area contributed by atoms with Gasteiger partial charge in [-0.05, 0) is 109 Å². The third-order valence-corrected chi connectivity index (χ3v) is 14.9. The number of carbonyl (C=O) groups excluding carboxylic acids is 1. The van der Waals surface area contributed by atoms with Gasteiger partial charge in [-0.15, -0.1) is 0 Å². The van der Waals surface area contributed by atoms with Crippen LogP contribution in [0.25, 0.3) is 0 Å². The highest BCUT2D eigenvalue weighted by Crippen LogP contribution is 2.65. The van der Waals surface area contributed by atoms with Crippen LogP contribution in [0.2, 0.25) is 15.1 Å². The van der Waals surface area contributed by atoms with Crippen molar-refractivity contribution in [2.45, 2.75) is 9.79 Å². The zero-order chi connectivity index (χ0) is 32.6. The Kier molecular flexibility index (Phi) is 11.1. The standard InChI is InChI=1S/C39H27Cl3NOPS2/c40-29-18-16-28(17-19-29)37(44)43-38(39(46-35-24-20-30(41)21-25-35)47-36-26-22-31(42)23-27-36)45(32-10-4-1-5-11-32,33-12-6-2-7-13-33)34-14-8-3-9-15-34/h1-27H/p+1. The number of hydrogen-bond donors (Lipinski definition) is 1. The van der Waals surface area contributed by atoms with Crippen LogP contribution < -0.4 is 21.2 Å². The van der Waals surface area contributed by atoms with E-state index in [0.29, 0.717) is 20.6 Å². The number of thioether (sulfide) groups is 2. The Hall–Kier alpha value is -3.47. The van der Waals surface area contributed by atoms with E-state index in [2.05, 4.69) is 78.1 Å². The van der Waals surface area contributed by atoms with Crippen molar-refractivity contribution in [2.24, 2.45) is 0 Å². The molecule has 0 aliphatic rings. The third kappa shape index (κ3) is 7.82. The van der Waals surface area contributed by atoms with Crippen LogP contribution in [-0.4, -0.2) is 5.91 Å². The summed E-state index contributed by atoms with van der Waals surface area (Å²) in [4.78, 5) is 16.3.